The number of amides is 2. The highest BCUT2D eigenvalue weighted by molar-refractivity contribution is 5.95. The molecule has 1 saturated heterocycles. The van der Waals surface area contributed by atoms with E-state index in [0.29, 0.717) is 18.7 Å². The van der Waals surface area contributed by atoms with Gasteiger partial charge in [0.25, 0.3) is 11.8 Å². The molecule has 0 spiro atoms. The third-order valence-corrected chi connectivity index (χ3v) is 4.31. The molecule has 1 N–H and O–H groups in total. The molecule has 1 aliphatic rings. The second-order valence-corrected chi connectivity index (χ2v) is 6.15. The van der Waals surface area contributed by atoms with E-state index in [0.717, 1.165) is 24.0 Å². The average molecular weight is 323 g/mol. The second-order valence-electron chi connectivity index (χ2n) is 6.15. The lowest BCUT2D eigenvalue weighted by Gasteiger charge is -2.32. The number of likely N-dealkylation sites (tertiary alicyclic amines) is 1. The molecule has 24 heavy (non-hydrogen) atoms. The van der Waals surface area contributed by atoms with Gasteiger partial charge in [0, 0.05) is 37.1 Å². The average Bonchev–Trinajstić information content (AvgIpc) is 2.62. The summed E-state index contributed by atoms with van der Waals surface area (Å²) >= 11 is 0. The van der Waals surface area contributed by atoms with Gasteiger partial charge >= 0.3 is 0 Å². The minimum atomic E-state index is -0.105. The summed E-state index contributed by atoms with van der Waals surface area (Å²) in [7, 11) is 0. The number of hydrogen-bond donors (Lipinski definition) is 1. The van der Waals surface area contributed by atoms with Gasteiger partial charge in [-0.2, -0.15) is 0 Å². The summed E-state index contributed by atoms with van der Waals surface area (Å²) in [4.78, 5) is 30.5. The first-order chi connectivity index (χ1) is 11.6. The number of nitrogens with zero attached hydrogens (tertiary/aromatic N) is 2. The van der Waals surface area contributed by atoms with E-state index in [1.165, 1.54) is 0 Å². The predicted octanol–water partition coefficient (Wildman–Crippen LogP) is 2.42. The lowest BCUT2D eigenvalue weighted by molar-refractivity contribution is 0.0698. The van der Waals surface area contributed by atoms with E-state index in [9.17, 15) is 9.59 Å². The summed E-state index contributed by atoms with van der Waals surface area (Å²) in [5.74, 6) is -0.0395. The van der Waals surface area contributed by atoms with Crippen molar-refractivity contribution in [2.24, 2.45) is 0 Å². The first kappa shape index (κ1) is 16.2. The molecule has 3 rings (SSSR count). The number of carbonyl (C=O) groups excluding carboxylic acids is 2. The Morgan fingerprint density at radius 1 is 1.12 bits per heavy atom. The van der Waals surface area contributed by atoms with Crippen molar-refractivity contribution >= 4 is 11.8 Å². The number of piperidine rings is 1. The van der Waals surface area contributed by atoms with Crippen LogP contribution in [0.4, 0.5) is 0 Å². The van der Waals surface area contributed by atoms with Crippen LogP contribution in [-0.4, -0.2) is 40.8 Å². The van der Waals surface area contributed by atoms with Gasteiger partial charge in [0.05, 0.1) is 5.56 Å². The molecule has 1 aromatic heterocycles. The third kappa shape index (κ3) is 3.79. The van der Waals surface area contributed by atoms with Crippen LogP contribution in [0.2, 0.25) is 0 Å². The van der Waals surface area contributed by atoms with Gasteiger partial charge in [-0.1, -0.05) is 17.7 Å². The standard InChI is InChI=1S/C19H21N3O2/c1-14-4-2-5-15(12-14)19(24)22-10-7-17(8-11-22)21-18(23)16-6-3-9-20-13-16/h2-6,9,12-13,17H,7-8,10-11H2,1H3,(H,21,23). The van der Waals surface area contributed by atoms with Gasteiger partial charge in [-0.15, -0.1) is 0 Å². The Morgan fingerprint density at radius 3 is 2.54 bits per heavy atom. The van der Waals surface area contributed by atoms with Crippen molar-refractivity contribution in [3.63, 3.8) is 0 Å². The minimum Gasteiger partial charge on any atom is -0.349 e. The van der Waals surface area contributed by atoms with E-state index < -0.39 is 0 Å². The molecule has 1 fully saturated rings. The number of carbonyl (C=O) groups is 2. The molecule has 5 nitrogen and oxygen atoms in total. The minimum absolute atomic E-state index is 0.0655. The summed E-state index contributed by atoms with van der Waals surface area (Å²) in [6.07, 6.45) is 4.74. The maximum atomic E-state index is 12.5. The van der Waals surface area contributed by atoms with Crippen LogP contribution < -0.4 is 5.32 Å². The largest absolute Gasteiger partial charge is 0.349 e. The molecule has 124 valence electrons. The molecule has 0 aliphatic carbocycles. The SMILES string of the molecule is Cc1cccc(C(=O)N2CCC(NC(=O)c3cccnc3)CC2)c1. The third-order valence-electron chi connectivity index (χ3n) is 4.31. The maximum absolute atomic E-state index is 12.5. The molecule has 0 saturated carbocycles. The van der Waals surface area contributed by atoms with Crippen molar-refractivity contribution in [2.75, 3.05) is 13.1 Å². The molecule has 0 atom stereocenters. The maximum Gasteiger partial charge on any atom is 0.253 e. The van der Waals surface area contributed by atoms with Crippen LogP contribution in [0.25, 0.3) is 0 Å². The number of aryl methyl sites for hydroxylation is 1. The van der Waals surface area contributed by atoms with Gasteiger partial charge in [-0.05, 0) is 44.0 Å². The van der Waals surface area contributed by atoms with E-state index in [2.05, 4.69) is 10.3 Å². The fourth-order valence-corrected chi connectivity index (χ4v) is 2.95. The lowest BCUT2D eigenvalue weighted by Crippen LogP contribution is -2.46. The Balaban J connectivity index is 1.54. The number of benzene rings is 1. The molecule has 2 heterocycles. The lowest BCUT2D eigenvalue weighted by atomic mass is 10.0. The molecule has 0 radical (unpaired) electrons. The molecule has 1 aromatic carbocycles. The van der Waals surface area contributed by atoms with Gasteiger partial charge in [0.2, 0.25) is 0 Å². The van der Waals surface area contributed by atoms with Crippen LogP contribution in [-0.2, 0) is 0 Å². The van der Waals surface area contributed by atoms with Crippen molar-refractivity contribution in [3.05, 3.63) is 65.5 Å². The highest BCUT2D eigenvalue weighted by Gasteiger charge is 2.24. The molecule has 2 amide bonds. The fourth-order valence-electron chi connectivity index (χ4n) is 2.95. The summed E-state index contributed by atoms with van der Waals surface area (Å²) < 4.78 is 0. The van der Waals surface area contributed by atoms with Crippen LogP contribution >= 0.6 is 0 Å². The highest BCUT2D eigenvalue weighted by atomic mass is 16.2. The van der Waals surface area contributed by atoms with E-state index in [-0.39, 0.29) is 17.9 Å². The molecular weight excluding hydrogens is 302 g/mol. The number of rotatable bonds is 3. The molecule has 5 heteroatoms. The Bertz CT molecular complexity index is 722. The van der Waals surface area contributed by atoms with E-state index in [1.807, 2.05) is 36.1 Å². The topological polar surface area (TPSA) is 62.3 Å². The Hall–Kier alpha value is -2.69. The molecule has 0 unspecified atom stereocenters. The quantitative estimate of drug-likeness (QED) is 0.943. The van der Waals surface area contributed by atoms with Crippen LogP contribution in [0.1, 0.15) is 39.1 Å². The van der Waals surface area contributed by atoms with Crippen molar-refractivity contribution in [1.82, 2.24) is 15.2 Å². The van der Waals surface area contributed by atoms with E-state index in [4.69, 9.17) is 0 Å². The van der Waals surface area contributed by atoms with Crippen molar-refractivity contribution in [3.8, 4) is 0 Å². The number of pyridine rings is 1. The summed E-state index contributed by atoms with van der Waals surface area (Å²) in [6.45, 7) is 3.30. The van der Waals surface area contributed by atoms with Gasteiger partial charge in [-0.3, -0.25) is 14.6 Å². The molecule has 0 bridgehead atoms. The van der Waals surface area contributed by atoms with E-state index in [1.54, 1.807) is 24.5 Å². The zero-order chi connectivity index (χ0) is 16.9. The second kappa shape index (κ2) is 7.25. The summed E-state index contributed by atoms with van der Waals surface area (Å²) in [5.41, 5.74) is 2.38. The van der Waals surface area contributed by atoms with Crippen molar-refractivity contribution < 1.29 is 9.59 Å². The molecular formula is C19H21N3O2. The number of nitrogens with one attached hydrogen (secondary N) is 1. The van der Waals surface area contributed by atoms with Gasteiger partial charge in [0.1, 0.15) is 0 Å². The van der Waals surface area contributed by atoms with Crippen molar-refractivity contribution in [1.29, 1.82) is 0 Å². The van der Waals surface area contributed by atoms with Crippen molar-refractivity contribution in [2.45, 2.75) is 25.8 Å². The zero-order valence-electron chi connectivity index (χ0n) is 13.7. The number of aromatic nitrogens is 1. The monoisotopic (exact) mass is 323 g/mol. The van der Waals surface area contributed by atoms with Gasteiger partial charge in [0.15, 0.2) is 0 Å². The fraction of sp³-hybridized carbons (Fsp3) is 0.316. The molecule has 2 aromatic rings. The Morgan fingerprint density at radius 2 is 1.88 bits per heavy atom. The number of hydrogen-bond acceptors (Lipinski definition) is 3. The smallest absolute Gasteiger partial charge is 0.253 e. The summed E-state index contributed by atoms with van der Waals surface area (Å²) in [5, 5.41) is 3.03. The first-order valence-electron chi connectivity index (χ1n) is 8.20. The van der Waals surface area contributed by atoms with E-state index >= 15 is 0 Å². The normalized spacial score (nSPS) is 15.1. The highest BCUT2D eigenvalue weighted by Crippen LogP contribution is 2.15. The van der Waals surface area contributed by atoms with Crippen LogP contribution in [0.3, 0.4) is 0 Å². The van der Waals surface area contributed by atoms with Gasteiger partial charge < -0.3 is 10.2 Å². The first-order valence-corrected chi connectivity index (χ1v) is 8.20. The summed E-state index contributed by atoms with van der Waals surface area (Å²) in [6, 6.07) is 11.3. The predicted molar refractivity (Wildman–Crippen MR) is 91.8 cm³/mol. The Labute approximate surface area is 141 Å². The Kier molecular flexibility index (Phi) is 4.89. The van der Waals surface area contributed by atoms with Crippen LogP contribution in [0, 0.1) is 6.92 Å². The zero-order valence-corrected chi connectivity index (χ0v) is 13.7. The van der Waals surface area contributed by atoms with Gasteiger partial charge in [-0.25, -0.2) is 0 Å². The molecule has 1 aliphatic heterocycles. The van der Waals surface area contributed by atoms with Crippen LogP contribution in [0.15, 0.2) is 48.8 Å². The van der Waals surface area contributed by atoms with Crippen LogP contribution in [0.5, 0.6) is 0 Å².